The van der Waals surface area contributed by atoms with Gasteiger partial charge >= 0.3 is 0 Å². The third-order valence-corrected chi connectivity index (χ3v) is 3.80. The van der Waals surface area contributed by atoms with Gasteiger partial charge in [-0.1, -0.05) is 0 Å². The number of carbonyl (C=O) groups excluding carboxylic acids is 1. The van der Waals surface area contributed by atoms with Gasteiger partial charge in [0.2, 0.25) is 5.91 Å². The molecule has 1 saturated carbocycles. The summed E-state index contributed by atoms with van der Waals surface area (Å²) in [5, 5.41) is 23.0. The van der Waals surface area contributed by atoms with Gasteiger partial charge in [-0.05, 0) is 31.9 Å². The first kappa shape index (κ1) is 19.5. The van der Waals surface area contributed by atoms with Gasteiger partial charge < -0.3 is 21.3 Å². The normalized spacial score (nSPS) is 13.8. The molecule has 0 saturated heterocycles. The first-order chi connectivity index (χ1) is 12.6. The fourth-order valence-electron chi connectivity index (χ4n) is 2.27. The summed E-state index contributed by atoms with van der Waals surface area (Å²) in [7, 11) is 0. The van der Waals surface area contributed by atoms with Crippen LogP contribution in [0.2, 0.25) is 0 Å². The lowest BCUT2D eigenvalue weighted by molar-refractivity contribution is -0.384. The molecule has 1 amide bonds. The third kappa shape index (κ3) is 6.96. The van der Waals surface area contributed by atoms with Gasteiger partial charge in [-0.25, -0.2) is 0 Å². The van der Waals surface area contributed by atoms with Gasteiger partial charge in [0.1, 0.15) is 0 Å². The van der Waals surface area contributed by atoms with Gasteiger partial charge in [-0.3, -0.25) is 19.9 Å². The first-order valence-electron chi connectivity index (χ1n) is 8.88. The molecule has 1 aliphatic carbocycles. The Kier molecular flexibility index (Phi) is 7.66. The molecular formula is C17H26N6O3. The largest absolute Gasteiger partial charge is 0.383 e. The Balaban J connectivity index is 1.66. The van der Waals surface area contributed by atoms with Crippen molar-refractivity contribution in [2.75, 3.05) is 38.0 Å². The van der Waals surface area contributed by atoms with Crippen molar-refractivity contribution in [3.05, 3.63) is 34.4 Å². The van der Waals surface area contributed by atoms with E-state index in [1.165, 1.54) is 12.1 Å². The molecular weight excluding hydrogens is 336 g/mol. The van der Waals surface area contributed by atoms with Crippen LogP contribution in [0.4, 0.5) is 11.4 Å². The van der Waals surface area contributed by atoms with Gasteiger partial charge in [0, 0.05) is 49.9 Å². The molecule has 4 N–H and O–H groups in total. The number of non-ortho nitro benzene ring substituents is 1. The van der Waals surface area contributed by atoms with Crippen LogP contribution in [-0.2, 0) is 4.79 Å². The molecule has 2 rings (SSSR count). The molecule has 0 spiro atoms. The van der Waals surface area contributed by atoms with Gasteiger partial charge in [0.15, 0.2) is 5.96 Å². The van der Waals surface area contributed by atoms with E-state index in [9.17, 15) is 14.9 Å². The standard InChI is InChI=1S/C17H26N6O3/c1-2-18-17(22-12-10-20-16(24)13-3-4-13)21-11-9-19-14-5-7-15(8-6-14)23(25)26/h5-8,13,19H,2-4,9-12H2,1H3,(H,20,24)(H2,18,21,22). The maximum atomic E-state index is 11.5. The molecule has 1 fully saturated rings. The smallest absolute Gasteiger partial charge is 0.269 e. The summed E-state index contributed by atoms with van der Waals surface area (Å²) >= 11 is 0. The lowest BCUT2D eigenvalue weighted by Crippen LogP contribution is -2.42. The molecule has 0 aromatic heterocycles. The maximum Gasteiger partial charge on any atom is 0.269 e. The summed E-state index contributed by atoms with van der Waals surface area (Å²) in [5.74, 6) is 1.06. The zero-order chi connectivity index (χ0) is 18.8. The fraction of sp³-hybridized carbons (Fsp3) is 0.529. The van der Waals surface area contributed by atoms with Crippen molar-refractivity contribution in [3.8, 4) is 0 Å². The van der Waals surface area contributed by atoms with Crippen molar-refractivity contribution >= 4 is 23.2 Å². The molecule has 26 heavy (non-hydrogen) atoms. The van der Waals surface area contributed by atoms with Crippen LogP contribution in [0.1, 0.15) is 19.8 Å². The summed E-state index contributed by atoms with van der Waals surface area (Å²) in [5.41, 5.74) is 0.882. The molecule has 1 aliphatic rings. The van der Waals surface area contributed by atoms with Crippen LogP contribution in [0.3, 0.4) is 0 Å². The molecule has 9 nitrogen and oxygen atoms in total. The number of rotatable bonds is 10. The molecule has 142 valence electrons. The second kappa shape index (κ2) is 10.2. The van der Waals surface area contributed by atoms with E-state index in [0.717, 1.165) is 25.1 Å². The van der Waals surface area contributed by atoms with Crippen LogP contribution >= 0.6 is 0 Å². The van der Waals surface area contributed by atoms with Gasteiger partial charge in [-0.2, -0.15) is 0 Å². The van der Waals surface area contributed by atoms with E-state index in [2.05, 4.69) is 26.3 Å². The number of nitrogens with one attached hydrogen (secondary N) is 4. The van der Waals surface area contributed by atoms with Gasteiger partial charge in [-0.15, -0.1) is 0 Å². The lowest BCUT2D eigenvalue weighted by atomic mass is 10.3. The van der Waals surface area contributed by atoms with E-state index in [1.807, 2.05) is 6.92 Å². The van der Waals surface area contributed by atoms with Crippen molar-refractivity contribution in [3.63, 3.8) is 0 Å². The third-order valence-electron chi connectivity index (χ3n) is 3.80. The fourth-order valence-corrected chi connectivity index (χ4v) is 2.27. The number of nitro benzene ring substituents is 1. The summed E-state index contributed by atoms with van der Waals surface area (Å²) in [6, 6.07) is 6.28. The van der Waals surface area contributed by atoms with E-state index >= 15 is 0 Å². The number of amides is 1. The second-order valence-electron chi connectivity index (χ2n) is 5.98. The van der Waals surface area contributed by atoms with Crippen LogP contribution in [0.15, 0.2) is 29.3 Å². The van der Waals surface area contributed by atoms with Crippen LogP contribution in [0, 0.1) is 16.0 Å². The van der Waals surface area contributed by atoms with Crippen LogP contribution in [0.5, 0.6) is 0 Å². The number of guanidine groups is 1. The molecule has 0 bridgehead atoms. The highest BCUT2D eigenvalue weighted by atomic mass is 16.6. The molecule has 0 atom stereocenters. The monoisotopic (exact) mass is 362 g/mol. The minimum atomic E-state index is -0.421. The molecule has 0 heterocycles. The van der Waals surface area contributed by atoms with Crippen LogP contribution in [-0.4, -0.2) is 49.5 Å². The van der Waals surface area contributed by atoms with E-state index in [4.69, 9.17) is 0 Å². The summed E-state index contributed by atoms with van der Waals surface area (Å²) < 4.78 is 0. The quantitative estimate of drug-likeness (QED) is 0.163. The van der Waals surface area contributed by atoms with Crippen molar-refractivity contribution in [1.29, 1.82) is 0 Å². The highest BCUT2D eigenvalue weighted by Crippen LogP contribution is 2.28. The average Bonchev–Trinajstić information content (AvgIpc) is 3.47. The van der Waals surface area contributed by atoms with E-state index in [1.54, 1.807) is 12.1 Å². The Hall–Kier alpha value is -2.84. The molecule has 9 heteroatoms. The number of nitro groups is 1. The van der Waals surface area contributed by atoms with Crippen LogP contribution < -0.4 is 21.3 Å². The number of hydrogen-bond donors (Lipinski definition) is 4. The predicted octanol–water partition coefficient (Wildman–Crippen LogP) is 1.09. The number of anilines is 1. The topological polar surface area (TPSA) is 121 Å². The molecule has 0 unspecified atom stereocenters. The Morgan fingerprint density at radius 2 is 1.85 bits per heavy atom. The highest BCUT2D eigenvalue weighted by Gasteiger charge is 2.28. The van der Waals surface area contributed by atoms with Crippen molar-refractivity contribution in [2.45, 2.75) is 19.8 Å². The van der Waals surface area contributed by atoms with Gasteiger partial charge in [0.25, 0.3) is 5.69 Å². The van der Waals surface area contributed by atoms with Crippen LogP contribution in [0.25, 0.3) is 0 Å². The molecule has 1 aromatic rings. The number of hydrogen-bond acceptors (Lipinski definition) is 5. The minimum absolute atomic E-state index is 0.0704. The number of nitrogens with zero attached hydrogens (tertiary/aromatic N) is 2. The number of aliphatic imine (C=N–C) groups is 1. The van der Waals surface area contributed by atoms with E-state index < -0.39 is 4.92 Å². The van der Waals surface area contributed by atoms with E-state index in [-0.39, 0.29) is 17.5 Å². The zero-order valence-electron chi connectivity index (χ0n) is 15.0. The maximum absolute atomic E-state index is 11.5. The second-order valence-corrected chi connectivity index (χ2v) is 5.98. The Labute approximate surface area is 152 Å². The highest BCUT2D eigenvalue weighted by molar-refractivity contribution is 5.81. The number of benzene rings is 1. The van der Waals surface area contributed by atoms with Gasteiger partial charge in [0.05, 0.1) is 11.5 Å². The summed E-state index contributed by atoms with van der Waals surface area (Å²) in [6.07, 6.45) is 2.01. The molecule has 0 aliphatic heterocycles. The lowest BCUT2D eigenvalue weighted by Gasteiger charge is -2.12. The predicted molar refractivity (Wildman–Crippen MR) is 101 cm³/mol. The Morgan fingerprint density at radius 1 is 1.15 bits per heavy atom. The average molecular weight is 362 g/mol. The summed E-state index contributed by atoms with van der Waals surface area (Å²) in [4.78, 5) is 26.2. The minimum Gasteiger partial charge on any atom is -0.383 e. The molecule has 0 radical (unpaired) electrons. The van der Waals surface area contributed by atoms with E-state index in [0.29, 0.717) is 32.1 Å². The number of carbonyl (C=O) groups is 1. The Morgan fingerprint density at radius 3 is 2.46 bits per heavy atom. The van der Waals surface area contributed by atoms with Crippen molar-refractivity contribution < 1.29 is 9.72 Å². The van der Waals surface area contributed by atoms with Crippen molar-refractivity contribution in [2.24, 2.45) is 10.9 Å². The van der Waals surface area contributed by atoms with Crippen molar-refractivity contribution in [1.82, 2.24) is 16.0 Å². The summed E-state index contributed by atoms with van der Waals surface area (Å²) in [6.45, 7) is 5.06. The molecule has 1 aromatic carbocycles. The Bertz CT molecular complexity index is 628. The zero-order valence-corrected chi connectivity index (χ0v) is 15.0. The first-order valence-corrected chi connectivity index (χ1v) is 8.88. The SMILES string of the molecule is CCNC(=NCCNc1ccc([N+](=O)[O-])cc1)NCCNC(=O)C1CC1.